The van der Waals surface area contributed by atoms with Gasteiger partial charge in [-0.15, -0.1) is 17.0 Å². The summed E-state index contributed by atoms with van der Waals surface area (Å²) < 4.78 is 17.4. The highest BCUT2D eigenvalue weighted by atomic mass is 79.9. The van der Waals surface area contributed by atoms with Crippen LogP contribution in [0.5, 0.6) is 11.5 Å². The number of carbonyl (C=O) groups is 3. The number of ether oxygens (including phenoxy) is 3. The molecule has 0 saturated carbocycles. The summed E-state index contributed by atoms with van der Waals surface area (Å²) in [5, 5.41) is 11.5. The molecule has 0 aliphatic carbocycles. The van der Waals surface area contributed by atoms with Gasteiger partial charge in [0.15, 0.2) is 5.78 Å². The van der Waals surface area contributed by atoms with Crippen LogP contribution in [0.1, 0.15) is 70.7 Å². The van der Waals surface area contributed by atoms with Gasteiger partial charge in [0.2, 0.25) is 0 Å². The van der Waals surface area contributed by atoms with Gasteiger partial charge in [0.1, 0.15) is 37.1 Å². The number of benzene rings is 3. The summed E-state index contributed by atoms with van der Waals surface area (Å²) in [6.07, 6.45) is 0. The molecule has 1 amide bonds. The molecule has 0 aromatic heterocycles. The van der Waals surface area contributed by atoms with Crippen LogP contribution in [-0.4, -0.2) is 68.3 Å². The Hall–Kier alpha value is -4.38. The molecule has 2 aliphatic rings. The number of fused-ring (bicyclic) bond motifs is 2. The van der Waals surface area contributed by atoms with Gasteiger partial charge in [-0.3, -0.25) is 19.8 Å². The van der Waals surface area contributed by atoms with Crippen LogP contribution in [0.4, 0.5) is 5.69 Å². The van der Waals surface area contributed by atoms with E-state index >= 15 is 0 Å². The van der Waals surface area contributed by atoms with Crippen LogP contribution in [0, 0.1) is 5.41 Å². The van der Waals surface area contributed by atoms with Crippen molar-refractivity contribution in [2.75, 3.05) is 44.8 Å². The molecule has 0 unspecified atom stereocenters. The molecular weight excluding hydrogens is 652 g/mol. The molecule has 244 valence electrons. The van der Waals surface area contributed by atoms with Crippen LogP contribution >= 0.6 is 17.0 Å². The summed E-state index contributed by atoms with van der Waals surface area (Å²) >= 11 is 0. The number of carbonyl (C=O) groups excluding carboxylic acids is 3. The fraction of sp³-hybridized carbons (Fsp3) is 0.371. The van der Waals surface area contributed by atoms with Crippen molar-refractivity contribution in [2.45, 2.75) is 46.3 Å². The maximum Gasteiger partial charge on any atom is 0.325 e. The first kappa shape index (κ1) is 34.5. The Labute approximate surface area is 280 Å². The van der Waals surface area contributed by atoms with Crippen molar-refractivity contribution in [3.05, 3.63) is 88.0 Å². The summed E-state index contributed by atoms with van der Waals surface area (Å²) in [7, 11) is 1.55. The molecule has 0 spiro atoms. The predicted octanol–water partition coefficient (Wildman–Crippen LogP) is 5.29. The van der Waals surface area contributed by atoms with Crippen LogP contribution in [0.3, 0.4) is 0 Å². The van der Waals surface area contributed by atoms with Gasteiger partial charge in [0, 0.05) is 30.3 Å². The second kappa shape index (κ2) is 14.4. The first-order valence-corrected chi connectivity index (χ1v) is 15.1. The fourth-order valence-corrected chi connectivity index (χ4v) is 5.62. The molecule has 0 atom stereocenters. The SMILES string of the molecule is Br.CCOc1cc2c(cc1C(=O)NC)C(=N)N(CC(=O)c1cc3c(c(C(C)(C)C)c1)OCCN3CC(=O)OCc1ccccc1)C2. The maximum atomic E-state index is 13.9. The minimum Gasteiger partial charge on any atom is -0.493 e. The van der Waals surface area contributed by atoms with E-state index in [1.54, 1.807) is 30.1 Å². The Morgan fingerprint density at radius 2 is 1.76 bits per heavy atom. The Bertz CT molecular complexity index is 1640. The highest BCUT2D eigenvalue weighted by Gasteiger charge is 2.32. The zero-order valence-electron chi connectivity index (χ0n) is 26.9. The van der Waals surface area contributed by atoms with E-state index in [1.807, 2.05) is 48.2 Å². The molecular formula is C35H41BrN4O6. The van der Waals surface area contributed by atoms with Gasteiger partial charge >= 0.3 is 5.97 Å². The van der Waals surface area contributed by atoms with Crippen LogP contribution in [-0.2, 0) is 28.1 Å². The van der Waals surface area contributed by atoms with Crippen molar-refractivity contribution in [2.24, 2.45) is 0 Å². The third-order valence-corrected chi connectivity index (χ3v) is 7.95. The number of ketones is 1. The molecule has 5 rings (SSSR count). The number of Topliss-reactive ketones (excluding diaryl/α,β-unsaturated/α-hetero) is 1. The molecule has 2 heterocycles. The van der Waals surface area contributed by atoms with Crippen molar-refractivity contribution < 1.29 is 28.6 Å². The number of nitrogens with one attached hydrogen (secondary N) is 2. The van der Waals surface area contributed by atoms with E-state index in [1.165, 1.54) is 0 Å². The second-order valence-electron chi connectivity index (χ2n) is 12.2. The lowest BCUT2D eigenvalue weighted by Crippen LogP contribution is -2.38. The number of halogens is 1. The van der Waals surface area contributed by atoms with Crippen molar-refractivity contribution in [3.63, 3.8) is 0 Å². The van der Waals surface area contributed by atoms with Gasteiger partial charge in [-0.25, -0.2) is 0 Å². The number of rotatable bonds is 10. The normalized spacial score (nSPS) is 13.6. The van der Waals surface area contributed by atoms with Gasteiger partial charge in [0.05, 0.1) is 30.9 Å². The Kier molecular flexibility index (Phi) is 10.8. The second-order valence-corrected chi connectivity index (χ2v) is 12.2. The van der Waals surface area contributed by atoms with Gasteiger partial charge < -0.3 is 29.3 Å². The van der Waals surface area contributed by atoms with Crippen LogP contribution in [0.15, 0.2) is 54.6 Å². The number of amidine groups is 1. The molecule has 10 nitrogen and oxygen atoms in total. The average Bonchev–Trinajstić information content (AvgIpc) is 3.32. The lowest BCUT2D eigenvalue weighted by molar-refractivity contribution is -0.143. The molecule has 11 heteroatoms. The Morgan fingerprint density at radius 3 is 2.43 bits per heavy atom. The molecule has 0 saturated heterocycles. The lowest BCUT2D eigenvalue weighted by Gasteiger charge is -2.35. The van der Waals surface area contributed by atoms with Gasteiger partial charge in [-0.05, 0) is 47.7 Å². The minimum atomic E-state index is -0.369. The number of amides is 1. The largest absolute Gasteiger partial charge is 0.493 e. The molecule has 2 N–H and O–H groups in total. The zero-order chi connectivity index (χ0) is 32.3. The van der Waals surface area contributed by atoms with Gasteiger partial charge in [0.25, 0.3) is 5.91 Å². The van der Waals surface area contributed by atoms with Crippen molar-refractivity contribution >= 4 is 46.2 Å². The minimum absolute atomic E-state index is 0. The molecule has 46 heavy (non-hydrogen) atoms. The van der Waals surface area contributed by atoms with E-state index in [4.69, 9.17) is 19.6 Å². The fourth-order valence-electron chi connectivity index (χ4n) is 5.62. The zero-order valence-corrected chi connectivity index (χ0v) is 28.6. The summed E-state index contributed by atoms with van der Waals surface area (Å²) in [6, 6.07) is 16.6. The average molecular weight is 694 g/mol. The molecule has 0 bridgehead atoms. The molecule has 3 aromatic rings. The molecule has 3 aromatic carbocycles. The van der Waals surface area contributed by atoms with E-state index in [2.05, 4.69) is 26.1 Å². The van der Waals surface area contributed by atoms with E-state index in [9.17, 15) is 14.4 Å². The number of nitrogens with zero attached hydrogens (tertiary/aromatic N) is 2. The maximum absolute atomic E-state index is 13.9. The van der Waals surface area contributed by atoms with Crippen molar-refractivity contribution in [3.8, 4) is 11.5 Å². The number of hydrogen-bond acceptors (Lipinski definition) is 8. The van der Waals surface area contributed by atoms with Gasteiger partial charge in [-0.2, -0.15) is 0 Å². The lowest BCUT2D eigenvalue weighted by atomic mass is 9.84. The van der Waals surface area contributed by atoms with Crippen LogP contribution in [0.2, 0.25) is 0 Å². The highest BCUT2D eigenvalue weighted by molar-refractivity contribution is 8.93. The van der Waals surface area contributed by atoms with E-state index in [0.717, 1.165) is 16.7 Å². The number of hydrogen-bond donors (Lipinski definition) is 2. The van der Waals surface area contributed by atoms with E-state index < -0.39 is 0 Å². The smallest absolute Gasteiger partial charge is 0.325 e. The van der Waals surface area contributed by atoms with Crippen molar-refractivity contribution in [1.29, 1.82) is 5.41 Å². The van der Waals surface area contributed by atoms with Crippen LogP contribution < -0.4 is 19.7 Å². The number of anilines is 1. The highest BCUT2D eigenvalue weighted by Crippen LogP contribution is 2.42. The molecule has 2 aliphatic heterocycles. The predicted molar refractivity (Wildman–Crippen MR) is 182 cm³/mol. The quantitative estimate of drug-likeness (QED) is 0.217. The summed E-state index contributed by atoms with van der Waals surface area (Å²) in [5.41, 5.74) is 4.33. The van der Waals surface area contributed by atoms with E-state index in [0.29, 0.717) is 60.2 Å². The number of esters is 1. The summed E-state index contributed by atoms with van der Waals surface area (Å²) in [4.78, 5) is 42.9. The molecule has 0 radical (unpaired) electrons. The monoisotopic (exact) mass is 692 g/mol. The first-order chi connectivity index (χ1) is 21.5. The third-order valence-electron chi connectivity index (χ3n) is 7.95. The Morgan fingerprint density at radius 1 is 1.02 bits per heavy atom. The Balaban J connectivity index is 0.00000480. The topological polar surface area (TPSA) is 121 Å². The summed E-state index contributed by atoms with van der Waals surface area (Å²) in [5.74, 6) is 0.437. The van der Waals surface area contributed by atoms with Crippen LogP contribution in [0.25, 0.3) is 0 Å². The molecule has 0 fully saturated rings. The first-order valence-electron chi connectivity index (χ1n) is 15.1. The standard InChI is InChI=1S/C35H40N4O6.BrH/c1-6-43-30-16-24-18-39(33(36)25(24)17-26(30)34(42)37-5)19-29(40)23-14-27(35(2,3)4)32-28(15-23)38(12-13-44-32)20-31(41)45-21-22-10-8-7-9-11-22;/h7-11,14-17,36H,6,12-13,18-21H2,1-5H3,(H,37,42);1H. The van der Waals surface area contributed by atoms with Crippen molar-refractivity contribution in [1.82, 2.24) is 10.2 Å². The summed E-state index contributed by atoms with van der Waals surface area (Å²) in [6.45, 7) is 9.79. The van der Waals surface area contributed by atoms with E-state index in [-0.39, 0.29) is 65.6 Å². The van der Waals surface area contributed by atoms with Gasteiger partial charge in [-0.1, -0.05) is 51.1 Å². The third kappa shape index (κ3) is 7.36.